The van der Waals surface area contributed by atoms with Gasteiger partial charge in [-0.1, -0.05) is 6.07 Å². The molecular weight excluding hydrogens is 246 g/mol. The Hall–Kier alpha value is -2.41. The fourth-order valence-corrected chi connectivity index (χ4v) is 1.50. The Kier molecular flexibility index (Phi) is 3.76. The molecule has 2 aromatic rings. The lowest BCUT2D eigenvalue weighted by Crippen LogP contribution is -2.24. The highest BCUT2D eigenvalue weighted by atomic mass is 16.4. The van der Waals surface area contributed by atoms with Crippen LogP contribution in [0.15, 0.2) is 22.6 Å². The molecule has 2 rings (SSSR count). The lowest BCUT2D eigenvalue weighted by molar-refractivity contribution is 0.0942. The molecule has 0 radical (unpaired) electrons. The number of nitrogens with one attached hydrogen (secondary N) is 2. The summed E-state index contributed by atoms with van der Waals surface area (Å²) in [7, 11) is 0. The van der Waals surface area contributed by atoms with Crippen molar-refractivity contribution in [1.82, 2.24) is 15.3 Å². The number of nitrogens with two attached hydrogens (primary N) is 1. The lowest BCUT2D eigenvalue weighted by Gasteiger charge is -2.04. The Balaban J connectivity index is 2.00. The number of oxazole rings is 1. The van der Waals surface area contributed by atoms with Crippen molar-refractivity contribution < 1.29 is 9.21 Å². The van der Waals surface area contributed by atoms with Crippen molar-refractivity contribution in [2.24, 2.45) is 5.84 Å². The van der Waals surface area contributed by atoms with E-state index in [0.29, 0.717) is 11.7 Å². The number of aryl methyl sites for hydroxylation is 2. The number of carbonyl (C=O) groups excluding carboxylic acids is 1. The van der Waals surface area contributed by atoms with E-state index in [1.165, 1.54) is 0 Å². The monoisotopic (exact) mass is 261 g/mol. The van der Waals surface area contributed by atoms with Crippen molar-refractivity contribution in [3.05, 3.63) is 41.2 Å². The Morgan fingerprint density at radius 3 is 2.79 bits per heavy atom. The molecule has 100 valence electrons. The summed E-state index contributed by atoms with van der Waals surface area (Å²) in [5, 5.41) is 2.68. The average molecular weight is 261 g/mol. The van der Waals surface area contributed by atoms with E-state index in [9.17, 15) is 4.79 Å². The van der Waals surface area contributed by atoms with E-state index in [1.807, 2.05) is 13.8 Å². The van der Waals surface area contributed by atoms with E-state index in [4.69, 9.17) is 10.3 Å². The molecule has 7 nitrogen and oxygen atoms in total. The highest BCUT2D eigenvalue weighted by molar-refractivity contribution is 5.92. The van der Waals surface area contributed by atoms with Crippen LogP contribution in [0.4, 0.5) is 5.82 Å². The largest absolute Gasteiger partial charge is 0.444 e. The Morgan fingerprint density at radius 1 is 1.37 bits per heavy atom. The van der Waals surface area contributed by atoms with Gasteiger partial charge in [-0.05, 0) is 26.0 Å². The zero-order chi connectivity index (χ0) is 13.8. The van der Waals surface area contributed by atoms with Gasteiger partial charge >= 0.3 is 0 Å². The summed E-state index contributed by atoms with van der Waals surface area (Å²) in [5.74, 6) is 6.56. The van der Waals surface area contributed by atoms with Crippen LogP contribution in [0, 0.1) is 13.8 Å². The summed E-state index contributed by atoms with van der Waals surface area (Å²) >= 11 is 0. The van der Waals surface area contributed by atoms with Gasteiger partial charge in [0.25, 0.3) is 5.91 Å². The van der Waals surface area contributed by atoms with Crippen LogP contribution in [0.1, 0.15) is 27.8 Å². The fourth-order valence-electron chi connectivity index (χ4n) is 1.50. The molecule has 0 aliphatic rings. The van der Waals surface area contributed by atoms with Gasteiger partial charge < -0.3 is 15.2 Å². The molecule has 0 fully saturated rings. The van der Waals surface area contributed by atoms with Crippen LogP contribution in [0.25, 0.3) is 0 Å². The Labute approximate surface area is 110 Å². The molecule has 0 atom stereocenters. The number of anilines is 1. The molecule has 19 heavy (non-hydrogen) atoms. The second-order valence-electron chi connectivity index (χ2n) is 3.98. The smallest absolute Gasteiger partial charge is 0.270 e. The summed E-state index contributed by atoms with van der Waals surface area (Å²) in [6.07, 6.45) is 0. The molecule has 0 aliphatic heterocycles. The molecule has 0 unspecified atom stereocenters. The number of nitrogen functional groups attached to an aromatic ring is 1. The molecule has 2 aromatic heterocycles. The summed E-state index contributed by atoms with van der Waals surface area (Å²) in [6, 6.07) is 4.95. The Morgan fingerprint density at radius 2 is 2.16 bits per heavy atom. The highest BCUT2D eigenvalue weighted by Crippen LogP contribution is 2.08. The molecule has 0 bridgehead atoms. The fraction of sp³-hybridized carbons (Fsp3) is 0.250. The predicted octanol–water partition coefficient (Wildman–Crippen LogP) is 0.902. The number of aromatic nitrogens is 2. The van der Waals surface area contributed by atoms with Gasteiger partial charge in [-0.25, -0.2) is 15.8 Å². The summed E-state index contributed by atoms with van der Waals surface area (Å²) in [4.78, 5) is 20.1. The minimum absolute atomic E-state index is 0.218. The standard InChI is InChI=1S/C12H15N5O2/c1-7-8(2)19-11(15-7)6-14-12(18)9-4-3-5-10(16-9)17-13/h3-5H,6,13H2,1-2H3,(H,14,18)(H,16,17). The number of pyridine rings is 1. The number of nitrogens with zero attached hydrogens (tertiary/aromatic N) is 2. The van der Waals surface area contributed by atoms with Gasteiger partial charge in [0.1, 0.15) is 17.3 Å². The van der Waals surface area contributed by atoms with Crippen LogP contribution in [0.3, 0.4) is 0 Å². The SMILES string of the molecule is Cc1nc(CNC(=O)c2cccc(NN)n2)oc1C. The minimum atomic E-state index is -0.314. The first-order chi connectivity index (χ1) is 9.10. The second-order valence-corrected chi connectivity index (χ2v) is 3.98. The zero-order valence-corrected chi connectivity index (χ0v) is 10.7. The van der Waals surface area contributed by atoms with Crippen LogP contribution < -0.4 is 16.6 Å². The topological polar surface area (TPSA) is 106 Å². The maximum absolute atomic E-state index is 11.9. The first kappa shape index (κ1) is 13.0. The molecule has 0 spiro atoms. The van der Waals surface area contributed by atoms with Gasteiger partial charge in [-0.15, -0.1) is 0 Å². The van der Waals surface area contributed by atoms with E-state index in [2.05, 4.69) is 20.7 Å². The van der Waals surface area contributed by atoms with Crippen LogP contribution >= 0.6 is 0 Å². The molecule has 0 aliphatic carbocycles. The molecule has 0 saturated heterocycles. The average Bonchev–Trinajstić information content (AvgIpc) is 2.75. The number of rotatable bonds is 4. The number of hydrazine groups is 1. The molecule has 4 N–H and O–H groups in total. The predicted molar refractivity (Wildman–Crippen MR) is 69.2 cm³/mol. The third kappa shape index (κ3) is 3.08. The maximum Gasteiger partial charge on any atom is 0.270 e. The first-order valence-electron chi connectivity index (χ1n) is 5.75. The van der Waals surface area contributed by atoms with Crippen LogP contribution in [-0.2, 0) is 6.54 Å². The normalized spacial score (nSPS) is 10.3. The van der Waals surface area contributed by atoms with Crippen LogP contribution in [0.5, 0.6) is 0 Å². The van der Waals surface area contributed by atoms with E-state index in [0.717, 1.165) is 11.5 Å². The zero-order valence-electron chi connectivity index (χ0n) is 10.7. The lowest BCUT2D eigenvalue weighted by atomic mass is 10.3. The van der Waals surface area contributed by atoms with E-state index in [-0.39, 0.29) is 18.1 Å². The van der Waals surface area contributed by atoms with Gasteiger partial charge in [0.2, 0.25) is 5.89 Å². The van der Waals surface area contributed by atoms with Gasteiger partial charge in [0, 0.05) is 0 Å². The summed E-state index contributed by atoms with van der Waals surface area (Å²) in [5.41, 5.74) is 3.47. The van der Waals surface area contributed by atoms with Gasteiger partial charge in [0.05, 0.1) is 12.2 Å². The van der Waals surface area contributed by atoms with Crippen LogP contribution in [-0.4, -0.2) is 15.9 Å². The molecule has 0 aromatic carbocycles. The summed E-state index contributed by atoms with van der Waals surface area (Å²) < 4.78 is 5.37. The van der Waals surface area contributed by atoms with Gasteiger partial charge in [-0.2, -0.15) is 0 Å². The van der Waals surface area contributed by atoms with Gasteiger partial charge in [-0.3, -0.25) is 4.79 Å². The van der Waals surface area contributed by atoms with E-state index >= 15 is 0 Å². The van der Waals surface area contributed by atoms with Crippen molar-refractivity contribution >= 4 is 11.7 Å². The quantitative estimate of drug-likeness (QED) is 0.557. The minimum Gasteiger partial charge on any atom is -0.444 e. The van der Waals surface area contributed by atoms with Crippen molar-refractivity contribution in [2.45, 2.75) is 20.4 Å². The second kappa shape index (κ2) is 5.49. The number of amides is 1. The number of carbonyl (C=O) groups is 1. The van der Waals surface area contributed by atoms with Crippen molar-refractivity contribution in [1.29, 1.82) is 0 Å². The van der Waals surface area contributed by atoms with E-state index in [1.54, 1.807) is 18.2 Å². The molecule has 7 heteroatoms. The first-order valence-corrected chi connectivity index (χ1v) is 5.75. The summed E-state index contributed by atoms with van der Waals surface area (Å²) in [6.45, 7) is 3.89. The molecule has 2 heterocycles. The third-order valence-electron chi connectivity index (χ3n) is 2.60. The van der Waals surface area contributed by atoms with Crippen molar-refractivity contribution in [2.75, 3.05) is 5.43 Å². The number of hydrogen-bond acceptors (Lipinski definition) is 6. The highest BCUT2D eigenvalue weighted by Gasteiger charge is 2.10. The molecular formula is C12H15N5O2. The van der Waals surface area contributed by atoms with E-state index < -0.39 is 0 Å². The van der Waals surface area contributed by atoms with Crippen molar-refractivity contribution in [3.8, 4) is 0 Å². The molecule has 1 amide bonds. The number of hydrogen-bond donors (Lipinski definition) is 3. The van der Waals surface area contributed by atoms with Crippen LogP contribution in [0.2, 0.25) is 0 Å². The third-order valence-corrected chi connectivity index (χ3v) is 2.60. The van der Waals surface area contributed by atoms with Gasteiger partial charge in [0.15, 0.2) is 0 Å². The maximum atomic E-state index is 11.9. The Bertz CT molecular complexity index is 574. The molecule has 0 saturated carbocycles. The van der Waals surface area contributed by atoms with Crippen molar-refractivity contribution in [3.63, 3.8) is 0 Å².